The minimum absolute atomic E-state index is 0.0285. The van der Waals surface area contributed by atoms with Gasteiger partial charge in [-0.25, -0.2) is 4.39 Å². The number of hydrogen-bond donors (Lipinski definition) is 1. The highest BCUT2D eigenvalue weighted by atomic mass is 79.9. The van der Waals surface area contributed by atoms with Gasteiger partial charge in [0, 0.05) is 5.70 Å². The van der Waals surface area contributed by atoms with Gasteiger partial charge < -0.3 is 5.32 Å². The molecule has 7 heteroatoms. The van der Waals surface area contributed by atoms with Crippen LogP contribution in [0.4, 0.5) is 17.6 Å². The average molecular weight is 300 g/mol. The normalized spacial score (nSPS) is 34.1. The van der Waals surface area contributed by atoms with Crippen LogP contribution in [0, 0.1) is 5.92 Å². The molecule has 1 amide bonds. The lowest BCUT2D eigenvalue weighted by Gasteiger charge is -2.21. The molecule has 1 heterocycles. The maximum absolute atomic E-state index is 13.7. The maximum Gasteiger partial charge on any atom is 0.416 e. The van der Waals surface area contributed by atoms with Gasteiger partial charge >= 0.3 is 6.18 Å². The molecule has 0 saturated carbocycles. The van der Waals surface area contributed by atoms with Crippen molar-refractivity contribution >= 4 is 21.8 Å². The van der Waals surface area contributed by atoms with Crippen molar-refractivity contribution in [2.45, 2.75) is 17.2 Å². The fraction of sp³-hybridized carbons (Fsp3) is 0.444. The summed E-state index contributed by atoms with van der Waals surface area (Å²) in [6.07, 6.45) is -2.98. The predicted molar refractivity (Wildman–Crippen MR) is 51.2 cm³/mol. The molecule has 1 aliphatic carbocycles. The van der Waals surface area contributed by atoms with Crippen LogP contribution < -0.4 is 5.32 Å². The van der Waals surface area contributed by atoms with Crippen LogP contribution in [0.3, 0.4) is 0 Å². The van der Waals surface area contributed by atoms with Gasteiger partial charge in [-0.1, -0.05) is 6.08 Å². The summed E-state index contributed by atoms with van der Waals surface area (Å²) in [7, 11) is 0. The van der Waals surface area contributed by atoms with Gasteiger partial charge in [0.1, 0.15) is 0 Å². The van der Waals surface area contributed by atoms with Gasteiger partial charge in [-0.2, -0.15) is 13.2 Å². The Balaban J connectivity index is 2.33. The standard InChI is InChI=1S/C9H6BrF4NO/c10-8(11)5-2-1-4(9(12,13)14)3-6(5)15-7(8)16/h1,3,5H,2H2,(H,15,16). The molecule has 0 aromatic carbocycles. The van der Waals surface area contributed by atoms with E-state index in [1.165, 1.54) is 0 Å². The summed E-state index contributed by atoms with van der Waals surface area (Å²) in [5.74, 6) is -1.87. The van der Waals surface area contributed by atoms with Crippen LogP contribution in [-0.2, 0) is 4.79 Å². The molecule has 88 valence electrons. The topological polar surface area (TPSA) is 29.1 Å². The van der Waals surface area contributed by atoms with Crippen LogP contribution in [0.1, 0.15) is 6.42 Å². The molecule has 0 aromatic rings. The highest BCUT2D eigenvalue weighted by Gasteiger charge is 2.53. The molecule has 2 nitrogen and oxygen atoms in total. The summed E-state index contributed by atoms with van der Waals surface area (Å²) >= 11 is 2.59. The smallest absolute Gasteiger partial charge is 0.326 e. The number of amides is 1. The van der Waals surface area contributed by atoms with E-state index in [-0.39, 0.29) is 12.1 Å². The molecule has 16 heavy (non-hydrogen) atoms. The highest BCUT2D eigenvalue weighted by molar-refractivity contribution is 9.10. The van der Waals surface area contributed by atoms with Crippen molar-refractivity contribution < 1.29 is 22.4 Å². The minimum Gasteiger partial charge on any atom is -0.326 e. The van der Waals surface area contributed by atoms with E-state index in [1.54, 1.807) is 0 Å². The molecule has 2 unspecified atom stereocenters. The Labute approximate surface area is 96.5 Å². The zero-order chi connectivity index (χ0) is 12.1. The first-order valence-corrected chi connectivity index (χ1v) is 5.20. The molecule has 1 aliphatic heterocycles. The van der Waals surface area contributed by atoms with Gasteiger partial charge in [0.05, 0.1) is 11.5 Å². The fourth-order valence-electron chi connectivity index (χ4n) is 1.74. The van der Waals surface area contributed by atoms with Crippen molar-refractivity contribution in [3.05, 3.63) is 23.4 Å². The van der Waals surface area contributed by atoms with Gasteiger partial charge in [-0.3, -0.25) is 4.79 Å². The Hall–Kier alpha value is -0.850. The molecule has 1 fully saturated rings. The van der Waals surface area contributed by atoms with E-state index >= 15 is 0 Å². The summed E-state index contributed by atoms with van der Waals surface area (Å²) in [6.45, 7) is 0. The highest BCUT2D eigenvalue weighted by Crippen LogP contribution is 2.45. The lowest BCUT2D eigenvalue weighted by molar-refractivity contribution is -0.125. The molecule has 0 spiro atoms. The van der Waals surface area contributed by atoms with Crippen molar-refractivity contribution in [1.29, 1.82) is 0 Å². The second-order valence-electron chi connectivity index (χ2n) is 3.62. The third-order valence-corrected chi connectivity index (χ3v) is 3.50. The van der Waals surface area contributed by atoms with Crippen molar-refractivity contribution in [1.82, 2.24) is 5.32 Å². The molecule has 2 atom stereocenters. The van der Waals surface area contributed by atoms with E-state index in [0.717, 1.165) is 12.2 Å². The van der Waals surface area contributed by atoms with Gasteiger partial charge in [0.2, 0.25) is 0 Å². The number of carbonyl (C=O) groups is 1. The minimum atomic E-state index is -4.48. The van der Waals surface area contributed by atoms with Gasteiger partial charge in [0.15, 0.2) is 0 Å². The van der Waals surface area contributed by atoms with Crippen LogP contribution >= 0.6 is 15.9 Å². The molecule has 0 bridgehead atoms. The van der Waals surface area contributed by atoms with Crippen molar-refractivity contribution in [3.8, 4) is 0 Å². The molecular formula is C9H6BrF4NO. The summed E-state index contributed by atoms with van der Waals surface area (Å²) in [6, 6.07) is 0. The second kappa shape index (κ2) is 3.32. The number of allylic oxidation sites excluding steroid dienone is 4. The Morgan fingerprint density at radius 1 is 1.50 bits per heavy atom. The Morgan fingerprint density at radius 2 is 2.12 bits per heavy atom. The molecule has 1 saturated heterocycles. The number of hydrogen-bond acceptors (Lipinski definition) is 1. The van der Waals surface area contributed by atoms with Crippen molar-refractivity contribution in [2.24, 2.45) is 5.92 Å². The number of halogens is 5. The third kappa shape index (κ3) is 1.66. The van der Waals surface area contributed by atoms with E-state index in [4.69, 9.17) is 0 Å². The van der Waals surface area contributed by atoms with Crippen LogP contribution in [0.5, 0.6) is 0 Å². The van der Waals surface area contributed by atoms with E-state index in [2.05, 4.69) is 21.2 Å². The molecule has 0 radical (unpaired) electrons. The summed E-state index contributed by atoms with van der Waals surface area (Å²) in [5, 5.41) is 2.11. The summed E-state index contributed by atoms with van der Waals surface area (Å²) < 4.78 is 48.5. The fourth-order valence-corrected chi connectivity index (χ4v) is 2.27. The summed E-state index contributed by atoms with van der Waals surface area (Å²) in [5.41, 5.74) is -0.886. The zero-order valence-corrected chi connectivity index (χ0v) is 9.32. The monoisotopic (exact) mass is 299 g/mol. The zero-order valence-electron chi connectivity index (χ0n) is 7.74. The molecular weight excluding hydrogens is 294 g/mol. The van der Waals surface area contributed by atoms with E-state index in [0.29, 0.717) is 0 Å². The predicted octanol–water partition coefficient (Wildman–Crippen LogP) is 2.57. The second-order valence-corrected chi connectivity index (χ2v) is 4.78. The molecule has 2 rings (SSSR count). The van der Waals surface area contributed by atoms with Crippen LogP contribution in [0.2, 0.25) is 0 Å². The van der Waals surface area contributed by atoms with Gasteiger partial charge in [-0.15, -0.1) is 0 Å². The lowest BCUT2D eigenvalue weighted by Crippen LogP contribution is -2.31. The van der Waals surface area contributed by atoms with E-state index in [9.17, 15) is 22.4 Å². The first-order chi connectivity index (χ1) is 7.23. The van der Waals surface area contributed by atoms with Crippen molar-refractivity contribution in [3.63, 3.8) is 0 Å². The average Bonchev–Trinajstić information content (AvgIpc) is 2.36. The third-order valence-electron chi connectivity index (χ3n) is 2.59. The Morgan fingerprint density at radius 3 is 2.69 bits per heavy atom. The van der Waals surface area contributed by atoms with Crippen molar-refractivity contribution in [2.75, 3.05) is 0 Å². The first-order valence-electron chi connectivity index (χ1n) is 4.41. The van der Waals surface area contributed by atoms with Crippen LogP contribution in [-0.4, -0.2) is 16.7 Å². The Kier molecular flexibility index (Phi) is 2.41. The number of carbonyl (C=O) groups excluding carboxylic acids is 1. The largest absolute Gasteiger partial charge is 0.416 e. The van der Waals surface area contributed by atoms with Crippen LogP contribution in [0.15, 0.2) is 23.4 Å². The van der Waals surface area contributed by atoms with Gasteiger partial charge in [-0.05, 0) is 28.4 Å². The lowest BCUT2D eigenvalue weighted by atomic mass is 9.92. The quantitative estimate of drug-likeness (QED) is 0.541. The molecule has 1 N–H and O–H groups in total. The Bertz CT molecular complexity index is 410. The van der Waals surface area contributed by atoms with E-state index in [1.807, 2.05) is 0 Å². The number of nitrogens with one attached hydrogen (secondary N) is 1. The first kappa shape index (κ1) is 11.6. The summed E-state index contributed by atoms with van der Waals surface area (Å²) in [4.78, 5) is 11.1. The SMILES string of the molecule is O=C1NC2=CC(C(F)(F)F)=CCC2C1(F)Br. The van der Waals surface area contributed by atoms with Gasteiger partial charge in [0.25, 0.3) is 10.5 Å². The molecule has 0 aromatic heterocycles. The maximum atomic E-state index is 13.7. The number of fused-ring (bicyclic) bond motifs is 1. The number of alkyl halides is 5. The number of rotatable bonds is 0. The molecule has 2 aliphatic rings. The van der Waals surface area contributed by atoms with Crippen LogP contribution in [0.25, 0.3) is 0 Å². The van der Waals surface area contributed by atoms with E-state index < -0.39 is 28.2 Å².